The zero-order valence-electron chi connectivity index (χ0n) is 15.9. The Kier molecular flexibility index (Phi) is 6.05. The summed E-state index contributed by atoms with van der Waals surface area (Å²) in [5, 5.41) is 3.95. The number of halogens is 4. The summed E-state index contributed by atoms with van der Waals surface area (Å²) in [6, 6.07) is 1.89. The number of hydrogen-bond donors (Lipinski definition) is 0. The maximum absolute atomic E-state index is 12.7. The number of aromatic nitrogens is 3. The summed E-state index contributed by atoms with van der Waals surface area (Å²) in [5.74, 6) is 0.398. The van der Waals surface area contributed by atoms with Crippen LogP contribution in [-0.4, -0.2) is 42.6 Å². The fourth-order valence-electron chi connectivity index (χ4n) is 3.40. The Bertz CT molecular complexity index is 975. The first kappa shape index (κ1) is 21.8. The van der Waals surface area contributed by atoms with E-state index in [9.17, 15) is 22.2 Å². The van der Waals surface area contributed by atoms with Crippen LogP contribution >= 0.6 is 11.6 Å². The van der Waals surface area contributed by atoms with Crippen molar-refractivity contribution in [1.82, 2.24) is 14.8 Å². The second-order valence-electron chi connectivity index (χ2n) is 6.82. The SMILES string of the molecule is CCC1(CC)CN(c2cnn(-c3ccc(C(F)(F)F)cn3)c(=O)c2Cl)CCS1=O. The van der Waals surface area contributed by atoms with Crippen LogP contribution in [0.15, 0.2) is 29.3 Å². The van der Waals surface area contributed by atoms with E-state index in [1.165, 1.54) is 6.20 Å². The molecule has 1 aliphatic rings. The van der Waals surface area contributed by atoms with Gasteiger partial charge in [-0.15, -0.1) is 0 Å². The third kappa shape index (κ3) is 4.05. The summed E-state index contributed by atoms with van der Waals surface area (Å²) in [4.78, 5) is 18.3. The zero-order valence-corrected chi connectivity index (χ0v) is 17.4. The first-order chi connectivity index (χ1) is 13.6. The van der Waals surface area contributed by atoms with Crippen molar-refractivity contribution in [3.63, 3.8) is 0 Å². The summed E-state index contributed by atoms with van der Waals surface area (Å²) in [7, 11) is -0.977. The molecule has 2 aromatic rings. The lowest BCUT2D eigenvalue weighted by molar-refractivity contribution is -0.137. The van der Waals surface area contributed by atoms with E-state index >= 15 is 0 Å². The minimum Gasteiger partial charge on any atom is -0.366 e. The van der Waals surface area contributed by atoms with Gasteiger partial charge in [-0.25, -0.2) is 4.98 Å². The first-order valence-corrected chi connectivity index (χ1v) is 10.8. The molecule has 0 saturated carbocycles. The topological polar surface area (TPSA) is 68.1 Å². The minimum absolute atomic E-state index is 0.0624. The molecule has 1 saturated heterocycles. The van der Waals surface area contributed by atoms with Gasteiger partial charge in [0.25, 0.3) is 5.56 Å². The van der Waals surface area contributed by atoms with Gasteiger partial charge in [-0.1, -0.05) is 25.4 Å². The summed E-state index contributed by atoms with van der Waals surface area (Å²) >= 11 is 6.30. The van der Waals surface area contributed by atoms with Gasteiger partial charge in [0, 0.05) is 35.8 Å². The number of pyridine rings is 1. The molecule has 0 aliphatic carbocycles. The number of alkyl halides is 3. The molecule has 1 unspecified atom stereocenters. The van der Waals surface area contributed by atoms with E-state index in [1.54, 1.807) is 0 Å². The fourth-order valence-corrected chi connectivity index (χ4v) is 5.41. The van der Waals surface area contributed by atoms with E-state index < -0.39 is 28.1 Å². The van der Waals surface area contributed by atoms with E-state index in [0.29, 0.717) is 30.7 Å². The van der Waals surface area contributed by atoms with Crippen LogP contribution in [0.4, 0.5) is 18.9 Å². The average Bonchev–Trinajstić information content (AvgIpc) is 2.70. The van der Waals surface area contributed by atoms with Gasteiger partial charge in [0.2, 0.25) is 0 Å². The lowest BCUT2D eigenvalue weighted by Crippen LogP contribution is -2.53. The Balaban J connectivity index is 1.94. The van der Waals surface area contributed by atoms with E-state index in [1.807, 2.05) is 18.7 Å². The molecule has 0 amide bonds. The van der Waals surface area contributed by atoms with Gasteiger partial charge in [-0.2, -0.15) is 23.0 Å². The van der Waals surface area contributed by atoms with Gasteiger partial charge in [-0.05, 0) is 25.0 Å². The van der Waals surface area contributed by atoms with E-state index in [4.69, 9.17) is 11.6 Å². The van der Waals surface area contributed by atoms with Crippen LogP contribution in [0.2, 0.25) is 5.02 Å². The fraction of sp³-hybridized carbons (Fsp3) is 0.500. The molecule has 1 fully saturated rings. The average molecular weight is 449 g/mol. The van der Waals surface area contributed by atoms with Crippen LogP contribution in [0, 0.1) is 0 Å². The smallest absolute Gasteiger partial charge is 0.366 e. The largest absolute Gasteiger partial charge is 0.417 e. The van der Waals surface area contributed by atoms with Crippen molar-refractivity contribution in [2.75, 3.05) is 23.7 Å². The van der Waals surface area contributed by atoms with Crippen molar-refractivity contribution < 1.29 is 17.4 Å². The standard InChI is InChI=1S/C18H20ClF3N4O2S/c1-3-17(4-2)11-25(7-8-29(17)28)13-10-24-26(16(27)15(13)19)14-6-5-12(9-23-14)18(20,21)22/h5-6,9-10H,3-4,7-8,11H2,1-2H3. The van der Waals surface area contributed by atoms with Gasteiger partial charge in [0.15, 0.2) is 5.82 Å². The molecule has 6 nitrogen and oxygen atoms in total. The number of nitrogens with zero attached hydrogens (tertiary/aromatic N) is 4. The van der Waals surface area contributed by atoms with Crippen LogP contribution < -0.4 is 10.5 Å². The highest BCUT2D eigenvalue weighted by molar-refractivity contribution is 7.86. The van der Waals surface area contributed by atoms with Crippen molar-refractivity contribution >= 4 is 28.1 Å². The number of rotatable bonds is 4. The first-order valence-electron chi connectivity index (χ1n) is 9.08. The Hall–Kier alpha value is -1.94. The molecule has 3 heterocycles. The molecule has 11 heteroatoms. The summed E-state index contributed by atoms with van der Waals surface area (Å²) in [5.41, 5.74) is -1.18. The molecule has 0 N–H and O–H groups in total. The summed E-state index contributed by atoms with van der Waals surface area (Å²) < 4.78 is 51.1. The van der Waals surface area contributed by atoms with Crippen LogP contribution in [0.25, 0.3) is 5.82 Å². The zero-order chi connectivity index (χ0) is 21.4. The quantitative estimate of drug-likeness (QED) is 0.716. The van der Waals surface area contributed by atoms with Crippen molar-refractivity contribution in [2.24, 2.45) is 0 Å². The van der Waals surface area contributed by atoms with Crippen molar-refractivity contribution in [1.29, 1.82) is 0 Å². The van der Waals surface area contributed by atoms with Crippen molar-refractivity contribution in [2.45, 2.75) is 37.6 Å². The summed E-state index contributed by atoms with van der Waals surface area (Å²) in [6.45, 7) is 4.92. The monoisotopic (exact) mass is 448 g/mol. The van der Waals surface area contributed by atoms with Crippen LogP contribution in [0.3, 0.4) is 0 Å². The minimum atomic E-state index is -4.52. The molecule has 0 radical (unpaired) electrons. The van der Waals surface area contributed by atoms with Gasteiger partial charge in [-0.3, -0.25) is 9.00 Å². The highest BCUT2D eigenvalue weighted by Crippen LogP contribution is 2.33. The maximum atomic E-state index is 12.7. The highest BCUT2D eigenvalue weighted by atomic mass is 35.5. The number of anilines is 1. The molecule has 29 heavy (non-hydrogen) atoms. The molecule has 0 bridgehead atoms. The Morgan fingerprint density at radius 1 is 1.24 bits per heavy atom. The third-order valence-corrected chi connectivity index (χ3v) is 7.91. The second kappa shape index (κ2) is 8.06. The van der Waals surface area contributed by atoms with Crippen LogP contribution in [0.1, 0.15) is 32.3 Å². The predicted molar refractivity (Wildman–Crippen MR) is 106 cm³/mol. The molecule has 1 atom stereocenters. The number of hydrogen-bond acceptors (Lipinski definition) is 5. The van der Waals surface area contributed by atoms with Crippen molar-refractivity contribution in [3.05, 3.63) is 45.5 Å². The second-order valence-corrected chi connectivity index (χ2v) is 9.17. The van der Waals surface area contributed by atoms with Crippen LogP contribution in [-0.2, 0) is 17.0 Å². The molecule has 0 spiro atoms. The van der Waals surface area contributed by atoms with Gasteiger partial charge < -0.3 is 4.90 Å². The highest BCUT2D eigenvalue weighted by Gasteiger charge is 2.39. The van der Waals surface area contributed by atoms with Crippen molar-refractivity contribution in [3.8, 4) is 5.82 Å². The van der Waals surface area contributed by atoms with E-state index in [-0.39, 0.29) is 15.6 Å². The molecular weight excluding hydrogens is 429 g/mol. The van der Waals surface area contributed by atoms with E-state index in [0.717, 1.165) is 29.7 Å². The lowest BCUT2D eigenvalue weighted by Gasteiger charge is -2.42. The molecule has 0 aromatic carbocycles. The summed E-state index contributed by atoms with van der Waals surface area (Å²) in [6.07, 6.45) is -1.03. The van der Waals surface area contributed by atoms with Crippen LogP contribution in [0.5, 0.6) is 0 Å². The Morgan fingerprint density at radius 3 is 2.48 bits per heavy atom. The normalized spacial score (nSPS) is 19.4. The maximum Gasteiger partial charge on any atom is 0.417 e. The molecule has 1 aliphatic heterocycles. The Morgan fingerprint density at radius 2 is 1.93 bits per heavy atom. The van der Waals surface area contributed by atoms with Gasteiger partial charge >= 0.3 is 6.18 Å². The van der Waals surface area contributed by atoms with Gasteiger partial charge in [0.1, 0.15) is 5.02 Å². The third-order valence-electron chi connectivity index (χ3n) is 5.33. The lowest BCUT2D eigenvalue weighted by atomic mass is 10.0. The van der Waals surface area contributed by atoms with E-state index in [2.05, 4.69) is 10.1 Å². The molecular formula is C18H20ClF3N4O2S. The van der Waals surface area contributed by atoms with Gasteiger partial charge in [0.05, 0.1) is 22.2 Å². The molecule has 3 rings (SSSR count). The Labute approximate surface area is 173 Å². The molecule has 2 aromatic heterocycles. The molecule has 158 valence electrons. The predicted octanol–water partition coefficient (Wildman–Crippen LogP) is 3.43.